The molecule has 1 aliphatic rings. The number of halogens is 4. The zero-order valence-electron chi connectivity index (χ0n) is 25.6. The molecule has 2 atom stereocenters. The lowest BCUT2D eigenvalue weighted by Crippen LogP contribution is -2.37. The molecule has 0 N–H and O–H groups in total. The number of ether oxygens (including phenoxy) is 3. The van der Waals surface area contributed by atoms with Crippen LogP contribution in [0.25, 0.3) is 0 Å². The van der Waals surface area contributed by atoms with E-state index in [1.807, 2.05) is 43.7 Å². The fraction of sp³-hybridized carbons (Fsp3) is 0.786. The lowest BCUT2D eigenvalue weighted by atomic mass is 10.0. The van der Waals surface area contributed by atoms with Crippen molar-refractivity contribution in [2.24, 2.45) is 10.2 Å². The van der Waals surface area contributed by atoms with Gasteiger partial charge in [0.2, 0.25) is 0 Å². The Labute approximate surface area is 267 Å². The van der Waals surface area contributed by atoms with Crippen LogP contribution in [0.1, 0.15) is 63.4 Å². The number of hydrogen-bond donors (Lipinski definition) is 0. The summed E-state index contributed by atoms with van der Waals surface area (Å²) in [6.45, 7) is 1.78. The predicted octanol–water partition coefficient (Wildman–Crippen LogP) is 6.60. The van der Waals surface area contributed by atoms with Crippen molar-refractivity contribution in [1.29, 1.82) is 0 Å². The van der Waals surface area contributed by atoms with Crippen LogP contribution in [0, 0.1) is 3.57 Å². The molecule has 15 heteroatoms. The summed E-state index contributed by atoms with van der Waals surface area (Å²) >= 11 is 1.98. The number of alkyl halides is 3. The van der Waals surface area contributed by atoms with E-state index >= 15 is 0 Å². The largest absolute Gasteiger partial charge is 0.756 e. The maximum absolute atomic E-state index is 13.2. The van der Waals surface area contributed by atoms with Gasteiger partial charge in [-0.3, -0.25) is 4.57 Å². The van der Waals surface area contributed by atoms with Crippen LogP contribution in [-0.4, -0.2) is 84.6 Å². The van der Waals surface area contributed by atoms with E-state index in [0.29, 0.717) is 33.6 Å². The highest BCUT2D eigenvalue weighted by atomic mass is 127. The van der Waals surface area contributed by atoms with Gasteiger partial charge in [-0.05, 0) is 47.6 Å². The number of nitrogens with zero attached hydrogens (tertiary/aromatic N) is 3. The molecule has 0 saturated carbocycles. The van der Waals surface area contributed by atoms with E-state index in [9.17, 15) is 22.6 Å². The van der Waals surface area contributed by atoms with Crippen LogP contribution in [0.3, 0.4) is 0 Å². The topological polar surface area (TPSA) is 111 Å². The van der Waals surface area contributed by atoms with Crippen molar-refractivity contribution in [2.75, 3.05) is 67.8 Å². The third-order valence-corrected chi connectivity index (χ3v) is 8.59. The smallest absolute Gasteiger partial charge is 0.442 e. The van der Waals surface area contributed by atoms with Gasteiger partial charge in [-0.1, -0.05) is 51.0 Å². The zero-order valence-corrected chi connectivity index (χ0v) is 28.6. The van der Waals surface area contributed by atoms with Crippen LogP contribution < -0.4 is 9.63 Å². The highest BCUT2D eigenvalue weighted by molar-refractivity contribution is 14.1. The molecule has 1 aliphatic heterocycles. The second-order valence-electron chi connectivity index (χ2n) is 11.6. The van der Waals surface area contributed by atoms with E-state index in [4.69, 9.17) is 23.3 Å². The summed E-state index contributed by atoms with van der Waals surface area (Å²) in [6, 6.07) is 4.37. The summed E-state index contributed by atoms with van der Waals surface area (Å²) in [5, 5.41) is 6.48. The number of unbranched alkanes of at least 4 members (excludes halogenated alkanes) is 8. The summed E-state index contributed by atoms with van der Waals surface area (Å²) in [4.78, 5) is 11.9. The summed E-state index contributed by atoms with van der Waals surface area (Å²) in [7, 11) is 2.94. The standard InChI is InChI=1S/C28H46F3IN3O7P/c1-35(2,3)16-19-41-43(36,37)42-22-24(38-4)21-39-17-12-10-8-6-5-7-9-11-13-18-40-26-15-14-23(20-25(26)32)27(33-34-27)28(29,30)31/h14-15,20,24H,5-13,16-19,21-22H2,1-4H3/t24-/m1/s1. The minimum absolute atomic E-state index is 0.0117. The molecule has 0 amide bonds. The fourth-order valence-corrected chi connectivity index (χ4v) is 5.44. The monoisotopic (exact) mass is 751 g/mol. The molecule has 2 rings (SSSR count). The van der Waals surface area contributed by atoms with Gasteiger partial charge in [0.05, 0.1) is 44.5 Å². The first kappa shape index (κ1) is 38.3. The Morgan fingerprint density at radius 2 is 1.51 bits per heavy atom. The Morgan fingerprint density at radius 1 is 0.930 bits per heavy atom. The van der Waals surface area contributed by atoms with Gasteiger partial charge >= 0.3 is 11.8 Å². The molecule has 1 unspecified atom stereocenters. The summed E-state index contributed by atoms with van der Waals surface area (Å²) in [5.41, 5.74) is -2.39. The molecule has 0 fully saturated rings. The first-order valence-corrected chi connectivity index (χ1v) is 17.2. The summed E-state index contributed by atoms with van der Waals surface area (Å²) < 4.78 is 79.1. The van der Waals surface area contributed by atoms with E-state index in [1.54, 1.807) is 6.07 Å². The molecule has 1 aromatic carbocycles. The molecule has 43 heavy (non-hydrogen) atoms. The summed E-state index contributed by atoms with van der Waals surface area (Å²) in [6.07, 6.45) is 4.56. The van der Waals surface area contributed by atoms with Crippen molar-refractivity contribution in [3.05, 3.63) is 27.3 Å². The lowest BCUT2D eigenvalue weighted by molar-refractivity contribution is -0.870. The zero-order chi connectivity index (χ0) is 32.0. The second-order valence-corrected chi connectivity index (χ2v) is 14.1. The van der Waals surface area contributed by atoms with Crippen LogP contribution in [0.5, 0.6) is 5.75 Å². The number of benzene rings is 1. The highest BCUT2D eigenvalue weighted by Gasteiger charge is 2.65. The van der Waals surface area contributed by atoms with Crippen LogP contribution in [-0.2, 0) is 28.7 Å². The molecule has 10 nitrogen and oxygen atoms in total. The Morgan fingerprint density at radius 3 is 2.02 bits per heavy atom. The SMILES string of the molecule is CO[C@H](COCCCCCCCCCCCOc1ccc(C2(C(F)(F)F)N=N2)cc1I)COP(=O)([O-])OCC[N+](C)(C)C. The number of rotatable bonds is 24. The molecule has 0 radical (unpaired) electrons. The van der Waals surface area contributed by atoms with Crippen molar-refractivity contribution in [3.63, 3.8) is 0 Å². The highest BCUT2D eigenvalue weighted by Crippen LogP contribution is 2.52. The predicted molar refractivity (Wildman–Crippen MR) is 163 cm³/mol. The van der Waals surface area contributed by atoms with E-state index in [0.717, 1.165) is 57.8 Å². The Hall–Kier alpha value is -0.870. The van der Waals surface area contributed by atoms with Crippen LogP contribution in [0.2, 0.25) is 0 Å². The van der Waals surface area contributed by atoms with Crippen LogP contribution in [0.4, 0.5) is 13.2 Å². The lowest BCUT2D eigenvalue weighted by Gasteiger charge is -2.28. The number of phosphoric ester groups is 1. The molecule has 0 bridgehead atoms. The fourth-order valence-electron chi connectivity index (χ4n) is 4.04. The van der Waals surface area contributed by atoms with Gasteiger partial charge < -0.3 is 32.6 Å². The first-order chi connectivity index (χ1) is 20.2. The van der Waals surface area contributed by atoms with E-state index < -0.39 is 25.8 Å². The first-order valence-electron chi connectivity index (χ1n) is 14.6. The molecule has 1 aromatic rings. The quantitative estimate of drug-likeness (QED) is 0.0507. The van der Waals surface area contributed by atoms with Crippen molar-refractivity contribution >= 4 is 30.4 Å². The minimum Gasteiger partial charge on any atom is -0.756 e. The maximum atomic E-state index is 13.2. The van der Waals surface area contributed by atoms with Crippen molar-refractivity contribution in [3.8, 4) is 5.75 Å². The van der Waals surface area contributed by atoms with Gasteiger partial charge in [-0.15, -0.1) is 10.2 Å². The van der Waals surface area contributed by atoms with Gasteiger partial charge in [0.15, 0.2) is 0 Å². The van der Waals surface area contributed by atoms with Crippen molar-refractivity contribution in [1.82, 2.24) is 0 Å². The van der Waals surface area contributed by atoms with Gasteiger partial charge in [0.25, 0.3) is 7.82 Å². The van der Waals surface area contributed by atoms with Crippen molar-refractivity contribution in [2.45, 2.75) is 75.7 Å². The molecular weight excluding hydrogens is 705 g/mol. The average Bonchev–Trinajstić information content (AvgIpc) is 3.73. The van der Waals surface area contributed by atoms with Gasteiger partial charge in [-0.2, -0.15) is 13.2 Å². The maximum Gasteiger partial charge on any atom is 0.442 e. The average molecular weight is 752 g/mol. The number of methoxy groups -OCH3 is 1. The number of likely N-dealkylation sites (N-methyl/N-ethyl adjacent to an activating group) is 1. The van der Waals surface area contributed by atoms with Gasteiger partial charge in [0, 0.05) is 19.3 Å². The minimum atomic E-state index is -4.53. The molecule has 0 saturated heterocycles. The number of hydrogen-bond acceptors (Lipinski definition) is 9. The molecule has 0 spiro atoms. The second kappa shape index (κ2) is 18.3. The molecule has 248 valence electrons. The molecular formula is C28H46F3IN3O7P. The molecule has 1 heterocycles. The third kappa shape index (κ3) is 14.8. The van der Waals surface area contributed by atoms with E-state index in [-0.39, 0.29) is 25.4 Å². The van der Waals surface area contributed by atoms with E-state index in [2.05, 4.69) is 10.2 Å². The Kier molecular flexibility index (Phi) is 16.3. The van der Waals surface area contributed by atoms with Gasteiger partial charge in [0.1, 0.15) is 25.0 Å². The normalized spacial score (nSPS) is 16.7. The molecule has 0 aromatic heterocycles. The summed E-state index contributed by atoms with van der Waals surface area (Å²) in [5.74, 6) is 0.571. The Balaban J connectivity index is 1.42. The van der Waals surface area contributed by atoms with Crippen molar-refractivity contribution < 1.29 is 50.4 Å². The number of phosphoric acid groups is 1. The Bertz CT molecular complexity index is 1040. The third-order valence-electron chi connectivity index (χ3n) is 6.79. The van der Waals surface area contributed by atoms with Crippen LogP contribution in [0.15, 0.2) is 28.4 Å². The van der Waals surface area contributed by atoms with E-state index in [1.165, 1.54) is 19.2 Å². The number of quaternary nitrogens is 1. The van der Waals surface area contributed by atoms with Gasteiger partial charge in [-0.25, -0.2) is 0 Å². The van der Waals surface area contributed by atoms with Crippen LogP contribution >= 0.6 is 30.4 Å². The molecule has 0 aliphatic carbocycles.